The van der Waals surface area contributed by atoms with E-state index in [9.17, 15) is 4.79 Å². The summed E-state index contributed by atoms with van der Waals surface area (Å²) in [5.41, 5.74) is 3.94. The number of para-hydroxylation sites is 1. The van der Waals surface area contributed by atoms with E-state index < -0.39 is 0 Å². The van der Waals surface area contributed by atoms with Crippen LogP contribution in [0.3, 0.4) is 0 Å². The first-order chi connectivity index (χ1) is 11.1. The molecule has 0 bridgehead atoms. The minimum atomic E-state index is -0.192. The van der Waals surface area contributed by atoms with Crippen molar-refractivity contribution in [1.82, 2.24) is 15.5 Å². The number of carbonyl (C=O) groups excluding carboxylic acids is 1. The quantitative estimate of drug-likeness (QED) is 0.903. The first-order valence-corrected chi connectivity index (χ1v) is 7.67. The Morgan fingerprint density at radius 2 is 2.30 bits per heavy atom. The molecule has 3 rings (SSSR count). The van der Waals surface area contributed by atoms with Gasteiger partial charge in [-0.15, -0.1) is 0 Å². The first kappa shape index (κ1) is 15.4. The number of ether oxygens (including phenoxy) is 2. The van der Waals surface area contributed by atoms with E-state index in [-0.39, 0.29) is 11.8 Å². The third-order valence-corrected chi connectivity index (χ3v) is 4.27. The second kappa shape index (κ2) is 6.32. The highest BCUT2D eigenvalue weighted by atomic mass is 16.5. The maximum atomic E-state index is 12.4. The fraction of sp³-hybridized carbons (Fsp3) is 0.412. The zero-order valence-corrected chi connectivity index (χ0v) is 13.6. The number of H-pyrrole nitrogens is 1. The van der Waals surface area contributed by atoms with E-state index in [1.807, 2.05) is 32.0 Å². The number of hydrogen-bond acceptors (Lipinski definition) is 4. The average molecular weight is 315 g/mol. The molecule has 122 valence electrons. The number of fused-ring (bicyclic) bond motifs is 1. The van der Waals surface area contributed by atoms with Gasteiger partial charge in [-0.2, -0.15) is 5.10 Å². The minimum Gasteiger partial charge on any atom is -0.493 e. The predicted octanol–water partition coefficient (Wildman–Crippen LogP) is 1.90. The van der Waals surface area contributed by atoms with Crippen molar-refractivity contribution in [1.29, 1.82) is 0 Å². The number of nitrogens with one attached hydrogen (secondary N) is 2. The van der Waals surface area contributed by atoms with Crippen molar-refractivity contribution in [3.63, 3.8) is 0 Å². The van der Waals surface area contributed by atoms with Crippen molar-refractivity contribution in [2.45, 2.75) is 26.8 Å². The van der Waals surface area contributed by atoms with Gasteiger partial charge in [-0.05, 0) is 31.9 Å². The second-order valence-corrected chi connectivity index (χ2v) is 5.79. The van der Waals surface area contributed by atoms with E-state index >= 15 is 0 Å². The van der Waals surface area contributed by atoms with Gasteiger partial charge in [-0.1, -0.05) is 12.1 Å². The van der Waals surface area contributed by atoms with Gasteiger partial charge in [-0.3, -0.25) is 9.89 Å². The molecule has 2 N–H and O–H groups in total. The Labute approximate surface area is 135 Å². The van der Waals surface area contributed by atoms with Gasteiger partial charge in [0, 0.05) is 17.8 Å². The number of aromatic nitrogens is 2. The highest BCUT2D eigenvalue weighted by Gasteiger charge is 2.27. The van der Waals surface area contributed by atoms with Crippen LogP contribution in [0.2, 0.25) is 0 Å². The lowest BCUT2D eigenvalue weighted by Gasteiger charge is -2.25. The molecule has 2 heterocycles. The van der Waals surface area contributed by atoms with Crippen LogP contribution in [0.4, 0.5) is 0 Å². The van der Waals surface area contributed by atoms with Gasteiger partial charge in [0.1, 0.15) is 6.61 Å². The maximum absolute atomic E-state index is 12.4. The Hall–Kier alpha value is -2.50. The molecule has 1 aliphatic rings. The highest BCUT2D eigenvalue weighted by molar-refractivity contribution is 5.79. The standard InChI is InChI=1S/C17H21N3O3/c1-10-14(11(2)20-19-10)8-18-17(21)13-7-12-5-4-6-15(22-3)16(12)23-9-13/h4-6,13H,7-9H2,1-3H3,(H,18,21)(H,19,20). The van der Waals surface area contributed by atoms with Crippen LogP contribution >= 0.6 is 0 Å². The van der Waals surface area contributed by atoms with Crippen molar-refractivity contribution in [2.75, 3.05) is 13.7 Å². The molecule has 23 heavy (non-hydrogen) atoms. The van der Waals surface area contributed by atoms with Gasteiger partial charge in [-0.25, -0.2) is 0 Å². The van der Waals surface area contributed by atoms with E-state index in [2.05, 4.69) is 15.5 Å². The lowest BCUT2D eigenvalue weighted by Crippen LogP contribution is -2.37. The van der Waals surface area contributed by atoms with Crippen molar-refractivity contribution >= 4 is 5.91 Å². The summed E-state index contributed by atoms with van der Waals surface area (Å²) in [6, 6.07) is 5.75. The molecule has 6 heteroatoms. The molecular formula is C17H21N3O3. The summed E-state index contributed by atoms with van der Waals surface area (Å²) >= 11 is 0. The number of benzene rings is 1. The summed E-state index contributed by atoms with van der Waals surface area (Å²) in [6.45, 7) is 4.72. The number of aromatic amines is 1. The van der Waals surface area contributed by atoms with Crippen LogP contribution in [-0.2, 0) is 17.8 Å². The number of nitrogens with zero attached hydrogens (tertiary/aromatic N) is 1. The van der Waals surface area contributed by atoms with Crippen LogP contribution < -0.4 is 14.8 Å². The molecule has 0 saturated heterocycles. The number of amides is 1. The Bertz CT molecular complexity index is 704. The molecule has 0 radical (unpaired) electrons. The lowest BCUT2D eigenvalue weighted by molar-refractivity contribution is -0.126. The van der Waals surface area contributed by atoms with E-state index in [0.717, 1.165) is 28.3 Å². The van der Waals surface area contributed by atoms with Gasteiger partial charge in [0.05, 0.1) is 18.7 Å². The summed E-state index contributed by atoms with van der Waals surface area (Å²) < 4.78 is 11.1. The average Bonchev–Trinajstić information content (AvgIpc) is 2.89. The third kappa shape index (κ3) is 3.02. The number of hydrogen-bond donors (Lipinski definition) is 2. The molecule has 0 aliphatic carbocycles. The predicted molar refractivity (Wildman–Crippen MR) is 85.6 cm³/mol. The Balaban J connectivity index is 1.65. The van der Waals surface area contributed by atoms with Gasteiger partial charge < -0.3 is 14.8 Å². The fourth-order valence-electron chi connectivity index (χ4n) is 2.88. The smallest absolute Gasteiger partial charge is 0.227 e. The van der Waals surface area contributed by atoms with Gasteiger partial charge in [0.15, 0.2) is 11.5 Å². The summed E-state index contributed by atoms with van der Waals surface area (Å²) in [5.74, 6) is 1.27. The van der Waals surface area contributed by atoms with Crippen LogP contribution in [0.15, 0.2) is 18.2 Å². The summed E-state index contributed by atoms with van der Waals surface area (Å²) in [5, 5.41) is 10.1. The largest absolute Gasteiger partial charge is 0.493 e. The first-order valence-electron chi connectivity index (χ1n) is 7.67. The molecule has 6 nitrogen and oxygen atoms in total. The molecule has 0 fully saturated rings. The Morgan fingerprint density at radius 3 is 3.00 bits per heavy atom. The SMILES string of the molecule is COc1cccc2c1OCC(C(=O)NCc1c(C)n[nH]c1C)C2. The molecule has 2 aromatic rings. The highest BCUT2D eigenvalue weighted by Crippen LogP contribution is 2.36. The zero-order chi connectivity index (χ0) is 16.4. The molecule has 1 unspecified atom stereocenters. The molecular weight excluding hydrogens is 294 g/mol. The topological polar surface area (TPSA) is 76.2 Å². The lowest BCUT2D eigenvalue weighted by atomic mass is 9.95. The van der Waals surface area contributed by atoms with Gasteiger partial charge >= 0.3 is 0 Å². The number of rotatable bonds is 4. The normalized spacial score (nSPS) is 16.4. The summed E-state index contributed by atoms with van der Waals surface area (Å²) in [7, 11) is 1.62. The van der Waals surface area contributed by atoms with Crippen LogP contribution in [-0.4, -0.2) is 29.8 Å². The molecule has 1 aromatic heterocycles. The minimum absolute atomic E-state index is 0.00142. The molecule has 1 aromatic carbocycles. The zero-order valence-electron chi connectivity index (χ0n) is 13.6. The monoisotopic (exact) mass is 315 g/mol. The molecule has 1 aliphatic heterocycles. The summed E-state index contributed by atoms with van der Waals surface area (Å²) in [4.78, 5) is 12.4. The fourth-order valence-corrected chi connectivity index (χ4v) is 2.88. The van der Waals surface area contributed by atoms with Crippen molar-refractivity contribution in [3.8, 4) is 11.5 Å². The third-order valence-electron chi connectivity index (χ3n) is 4.27. The Morgan fingerprint density at radius 1 is 1.48 bits per heavy atom. The number of carbonyl (C=O) groups is 1. The van der Waals surface area contributed by atoms with E-state index in [1.54, 1.807) is 7.11 Å². The van der Waals surface area contributed by atoms with Crippen LogP contribution in [0.5, 0.6) is 11.5 Å². The van der Waals surface area contributed by atoms with Crippen LogP contribution in [0.1, 0.15) is 22.5 Å². The summed E-state index contributed by atoms with van der Waals surface area (Å²) in [6.07, 6.45) is 0.654. The molecule has 1 amide bonds. The van der Waals surface area contributed by atoms with Crippen LogP contribution in [0.25, 0.3) is 0 Å². The number of aryl methyl sites for hydroxylation is 2. The molecule has 0 saturated carbocycles. The number of methoxy groups -OCH3 is 1. The van der Waals surface area contributed by atoms with E-state index in [4.69, 9.17) is 9.47 Å². The molecule has 0 spiro atoms. The van der Waals surface area contributed by atoms with Crippen LogP contribution in [0, 0.1) is 19.8 Å². The van der Waals surface area contributed by atoms with Crippen molar-refractivity contribution < 1.29 is 14.3 Å². The second-order valence-electron chi connectivity index (χ2n) is 5.79. The van der Waals surface area contributed by atoms with Crippen molar-refractivity contribution in [2.24, 2.45) is 5.92 Å². The van der Waals surface area contributed by atoms with E-state index in [1.165, 1.54) is 0 Å². The van der Waals surface area contributed by atoms with E-state index in [0.29, 0.717) is 25.3 Å². The van der Waals surface area contributed by atoms with Gasteiger partial charge in [0.2, 0.25) is 5.91 Å². The maximum Gasteiger partial charge on any atom is 0.227 e. The Kier molecular flexibility index (Phi) is 4.23. The van der Waals surface area contributed by atoms with Crippen molar-refractivity contribution in [3.05, 3.63) is 40.7 Å². The molecule has 1 atom stereocenters. The van der Waals surface area contributed by atoms with Gasteiger partial charge in [0.25, 0.3) is 0 Å².